The van der Waals surface area contributed by atoms with Crippen molar-refractivity contribution in [3.8, 4) is 6.07 Å². The quantitative estimate of drug-likeness (QED) is 0.450. The molecule has 204 valence electrons. The number of carbonyl (C=O) groups is 3. The van der Waals surface area contributed by atoms with Crippen LogP contribution in [0.1, 0.15) is 40.1 Å². The summed E-state index contributed by atoms with van der Waals surface area (Å²) in [5, 5.41) is 13.0. The minimum atomic E-state index is -0.216. The number of fused-ring (bicyclic) bond motifs is 2. The third-order valence-corrected chi connectivity index (χ3v) is 8.88. The topological polar surface area (TPSA) is 115 Å². The van der Waals surface area contributed by atoms with Gasteiger partial charge in [-0.1, -0.05) is 22.5 Å². The lowest BCUT2D eigenvalue weighted by atomic mass is 9.89. The van der Waals surface area contributed by atoms with Gasteiger partial charge in [0.25, 0.3) is 5.91 Å². The predicted molar refractivity (Wildman–Crippen MR) is 153 cm³/mol. The highest BCUT2D eigenvalue weighted by Gasteiger charge is 2.44. The molecule has 3 aliphatic rings. The Hall–Kier alpha value is -4.17. The predicted octanol–water partition coefficient (Wildman–Crippen LogP) is 2.90. The van der Waals surface area contributed by atoms with E-state index in [9.17, 15) is 14.4 Å². The number of hydrogen-bond donors (Lipinski definition) is 1. The third kappa shape index (κ3) is 4.05. The summed E-state index contributed by atoms with van der Waals surface area (Å²) in [7, 11) is 0. The number of carbonyl (C=O) groups excluding carboxylic acids is 3. The largest absolute Gasteiger partial charge is 0.352 e. The minimum Gasteiger partial charge on any atom is -0.352 e. The molecular formula is C29H28BrN7O3. The Morgan fingerprint density at radius 1 is 1.23 bits per heavy atom. The molecule has 3 aliphatic heterocycles. The van der Waals surface area contributed by atoms with E-state index in [1.807, 2.05) is 41.5 Å². The molecule has 2 fully saturated rings. The molecule has 0 spiro atoms. The number of hydrogen-bond acceptors (Lipinski definition) is 6. The van der Waals surface area contributed by atoms with Crippen molar-refractivity contribution in [2.75, 3.05) is 31.1 Å². The summed E-state index contributed by atoms with van der Waals surface area (Å²) in [4.78, 5) is 49.1. The molecule has 0 saturated carbocycles. The molecule has 3 aromatic rings. The van der Waals surface area contributed by atoms with Crippen LogP contribution in [0, 0.1) is 18.3 Å². The maximum Gasteiger partial charge on any atom is 0.257 e. The average Bonchev–Trinajstić information content (AvgIpc) is 3.20. The van der Waals surface area contributed by atoms with Gasteiger partial charge in [-0.15, -0.1) is 0 Å². The van der Waals surface area contributed by atoms with Gasteiger partial charge >= 0.3 is 0 Å². The Bertz CT molecular complexity index is 1620. The van der Waals surface area contributed by atoms with E-state index in [1.54, 1.807) is 17.2 Å². The van der Waals surface area contributed by atoms with Gasteiger partial charge in [0.15, 0.2) is 0 Å². The molecule has 1 N–H and O–H groups in total. The van der Waals surface area contributed by atoms with Crippen LogP contribution in [0.15, 0.2) is 47.6 Å². The van der Waals surface area contributed by atoms with Crippen molar-refractivity contribution in [3.05, 3.63) is 70.0 Å². The highest BCUT2D eigenvalue weighted by molar-refractivity contribution is 9.10. The summed E-state index contributed by atoms with van der Waals surface area (Å²) in [5.74, 6) is 0.427. The summed E-state index contributed by atoms with van der Waals surface area (Å²) in [5.41, 5.74) is 3.76. The maximum absolute atomic E-state index is 14.0. The first-order chi connectivity index (χ1) is 19.2. The normalized spacial score (nSPS) is 20.1. The summed E-state index contributed by atoms with van der Waals surface area (Å²) in [6, 6.07) is 9.24. The van der Waals surface area contributed by atoms with Crippen molar-refractivity contribution in [1.29, 1.82) is 5.26 Å². The fourth-order valence-electron chi connectivity index (χ4n) is 6.27. The molecule has 10 nitrogen and oxygen atoms in total. The molecule has 0 bridgehead atoms. The monoisotopic (exact) mass is 601 g/mol. The van der Waals surface area contributed by atoms with Crippen LogP contribution in [0.25, 0.3) is 10.9 Å². The van der Waals surface area contributed by atoms with Gasteiger partial charge in [-0.3, -0.25) is 14.4 Å². The number of anilines is 1. The van der Waals surface area contributed by atoms with Crippen molar-refractivity contribution < 1.29 is 14.4 Å². The second-order valence-electron chi connectivity index (χ2n) is 10.6. The zero-order chi connectivity index (χ0) is 28.3. The van der Waals surface area contributed by atoms with Gasteiger partial charge in [-0.05, 0) is 44.2 Å². The smallest absolute Gasteiger partial charge is 0.257 e. The van der Waals surface area contributed by atoms with Crippen molar-refractivity contribution in [2.45, 2.75) is 38.5 Å². The minimum absolute atomic E-state index is 0.0326. The number of piperazine rings is 1. The van der Waals surface area contributed by atoms with Crippen LogP contribution < -0.4 is 10.2 Å². The Balaban J connectivity index is 1.33. The average molecular weight is 602 g/mol. The molecule has 0 radical (unpaired) electrons. The van der Waals surface area contributed by atoms with Crippen LogP contribution in [0.2, 0.25) is 0 Å². The highest BCUT2D eigenvalue weighted by atomic mass is 79.9. The number of rotatable bonds is 5. The molecule has 40 heavy (non-hydrogen) atoms. The van der Waals surface area contributed by atoms with Crippen molar-refractivity contribution in [3.63, 3.8) is 0 Å². The molecule has 11 heteroatoms. The second-order valence-corrected chi connectivity index (χ2v) is 11.5. The van der Waals surface area contributed by atoms with E-state index in [-0.39, 0.29) is 42.4 Å². The molecule has 0 aliphatic carbocycles. The molecule has 1 aromatic carbocycles. The van der Waals surface area contributed by atoms with E-state index in [1.165, 1.54) is 6.08 Å². The SMILES string of the molecule is C=CC(=O)N1CC(NC(=O)Cn2c(C)c3c4c(c(Br)ccc42)[C@@H]2CN(c4ccc(C#N)cn4)C[C@@H](C)N2C3=O)C1. The van der Waals surface area contributed by atoms with E-state index in [2.05, 4.69) is 43.8 Å². The van der Waals surface area contributed by atoms with E-state index in [4.69, 9.17) is 5.26 Å². The number of likely N-dealkylation sites (tertiary alicyclic amines) is 1. The van der Waals surface area contributed by atoms with Crippen molar-refractivity contribution in [2.24, 2.45) is 0 Å². The molecule has 6 rings (SSSR count). The molecule has 0 unspecified atom stereocenters. The zero-order valence-corrected chi connectivity index (χ0v) is 23.8. The Morgan fingerprint density at radius 3 is 2.67 bits per heavy atom. The van der Waals surface area contributed by atoms with E-state index < -0.39 is 0 Å². The molecule has 2 saturated heterocycles. The Morgan fingerprint density at radius 2 is 2.00 bits per heavy atom. The van der Waals surface area contributed by atoms with Gasteiger partial charge in [-0.2, -0.15) is 5.26 Å². The van der Waals surface area contributed by atoms with Crippen molar-refractivity contribution in [1.82, 2.24) is 24.7 Å². The second kappa shape index (κ2) is 9.78. The fraction of sp³-hybridized carbons (Fsp3) is 0.345. The number of amides is 3. The standard InChI is InChI=1S/C29H28BrN7O3/c1-4-25(39)35-12-19(13-35)33-24(38)15-36-17(3)26-28-21(36)7-6-20(30)27(28)22-14-34(11-16(2)37(22)29(26)40)23-8-5-18(9-31)10-32-23/h4-8,10,16,19,22H,1,11-15H2,2-3H3,(H,33,38)/t16-,22+/m1/s1. The maximum atomic E-state index is 14.0. The summed E-state index contributed by atoms with van der Waals surface area (Å²) >= 11 is 3.76. The number of nitriles is 1. The van der Waals surface area contributed by atoms with Crippen LogP contribution in [-0.2, 0) is 16.1 Å². The summed E-state index contributed by atoms with van der Waals surface area (Å²) < 4.78 is 2.83. The lowest BCUT2D eigenvalue weighted by Crippen LogP contribution is -2.61. The summed E-state index contributed by atoms with van der Waals surface area (Å²) in [6.45, 7) is 9.60. The van der Waals surface area contributed by atoms with Gasteiger partial charge in [-0.25, -0.2) is 4.98 Å². The first kappa shape index (κ1) is 26.1. The van der Waals surface area contributed by atoms with E-state index >= 15 is 0 Å². The number of benzene rings is 1. The first-order valence-corrected chi connectivity index (χ1v) is 14.0. The van der Waals surface area contributed by atoms with Crippen LogP contribution in [-0.4, -0.2) is 75.3 Å². The van der Waals surface area contributed by atoms with Gasteiger partial charge in [0.2, 0.25) is 11.8 Å². The molecule has 5 heterocycles. The molecule has 3 amide bonds. The lowest BCUT2D eigenvalue weighted by Gasteiger charge is -2.48. The molecular weight excluding hydrogens is 574 g/mol. The number of nitrogens with zero attached hydrogens (tertiary/aromatic N) is 6. The number of halogens is 1. The lowest BCUT2D eigenvalue weighted by molar-refractivity contribution is -0.133. The van der Waals surface area contributed by atoms with Crippen LogP contribution in [0.5, 0.6) is 0 Å². The van der Waals surface area contributed by atoms with Gasteiger partial charge in [0, 0.05) is 65.1 Å². The van der Waals surface area contributed by atoms with E-state index in [0.29, 0.717) is 37.3 Å². The molecule has 2 atom stereocenters. The van der Waals surface area contributed by atoms with Crippen LogP contribution in [0.3, 0.4) is 0 Å². The highest BCUT2D eigenvalue weighted by Crippen LogP contribution is 2.46. The zero-order valence-electron chi connectivity index (χ0n) is 22.2. The Kier molecular flexibility index (Phi) is 6.38. The van der Waals surface area contributed by atoms with Gasteiger partial charge in [0.05, 0.1) is 23.2 Å². The Labute approximate surface area is 240 Å². The van der Waals surface area contributed by atoms with Gasteiger partial charge < -0.3 is 24.6 Å². The van der Waals surface area contributed by atoms with E-state index in [0.717, 1.165) is 32.5 Å². The number of aromatic nitrogens is 2. The number of pyridine rings is 1. The summed E-state index contributed by atoms with van der Waals surface area (Å²) in [6.07, 6.45) is 2.85. The van der Waals surface area contributed by atoms with Crippen LogP contribution in [0.4, 0.5) is 5.82 Å². The fourth-order valence-corrected chi connectivity index (χ4v) is 6.86. The van der Waals surface area contributed by atoms with Crippen LogP contribution >= 0.6 is 15.9 Å². The van der Waals surface area contributed by atoms with Gasteiger partial charge in [0.1, 0.15) is 18.4 Å². The first-order valence-electron chi connectivity index (χ1n) is 13.2. The van der Waals surface area contributed by atoms with Crippen molar-refractivity contribution >= 4 is 50.4 Å². The third-order valence-electron chi connectivity index (χ3n) is 8.18. The molecule has 2 aromatic heterocycles. The number of nitrogens with one attached hydrogen (secondary N) is 1.